The second-order valence-corrected chi connectivity index (χ2v) is 4.96. The van der Waals surface area contributed by atoms with E-state index in [-0.39, 0.29) is 5.91 Å². The molecule has 1 aromatic carbocycles. The zero-order valence-corrected chi connectivity index (χ0v) is 13.2. The van der Waals surface area contributed by atoms with Gasteiger partial charge in [-0.2, -0.15) is 0 Å². The van der Waals surface area contributed by atoms with E-state index in [9.17, 15) is 4.79 Å². The predicted octanol–water partition coefficient (Wildman–Crippen LogP) is 1.93. The second-order valence-electron chi connectivity index (χ2n) is 4.14. The molecule has 1 amide bonds. The number of benzene rings is 1. The lowest BCUT2D eigenvalue weighted by molar-refractivity contribution is -0.127. The van der Waals surface area contributed by atoms with Gasteiger partial charge in [-0.05, 0) is 56.8 Å². The van der Waals surface area contributed by atoms with Crippen LogP contribution in [0.3, 0.4) is 0 Å². The van der Waals surface area contributed by atoms with Crippen LogP contribution in [0.1, 0.15) is 19.4 Å². The topological polar surface area (TPSA) is 62.4 Å². The van der Waals surface area contributed by atoms with E-state index >= 15 is 0 Å². The maximum absolute atomic E-state index is 11.8. The first kappa shape index (κ1) is 16.5. The van der Waals surface area contributed by atoms with E-state index in [1.165, 1.54) is 0 Å². The Morgan fingerprint density at radius 3 is 2.75 bits per heavy atom. The molecule has 0 aliphatic carbocycles. The number of hydrogen-bond acceptors (Lipinski definition) is 3. The van der Waals surface area contributed by atoms with Crippen LogP contribution in [-0.4, -0.2) is 23.7 Å². The molecule has 0 saturated carbocycles. The van der Waals surface area contributed by atoms with Crippen LogP contribution in [-0.2, 0) is 4.79 Å². The monoisotopic (exact) mass is 315 g/mol. The molecule has 0 aliphatic rings. The zero-order valence-electron chi connectivity index (χ0n) is 11.6. The minimum Gasteiger partial charge on any atom is -0.481 e. The van der Waals surface area contributed by atoms with E-state index in [0.29, 0.717) is 22.4 Å². The Hall–Kier alpha value is -1.53. The Kier molecular flexibility index (Phi) is 6.54. The summed E-state index contributed by atoms with van der Waals surface area (Å²) < 4.78 is 5.53. The summed E-state index contributed by atoms with van der Waals surface area (Å²) in [6.07, 6.45) is -0.660. The fourth-order valence-corrected chi connectivity index (χ4v) is 1.69. The summed E-state index contributed by atoms with van der Waals surface area (Å²) in [7, 11) is 0. The highest BCUT2D eigenvalue weighted by Gasteiger charge is 2.14. The molecular formula is C13H18ClN3O2S. The van der Waals surface area contributed by atoms with Gasteiger partial charge >= 0.3 is 0 Å². The molecule has 0 fully saturated rings. The lowest BCUT2D eigenvalue weighted by atomic mass is 10.2. The van der Waals surface area contributed by atoms with Gasteiger partial charge in [0.1, 0.15) is 5.75 Å². The first-order valence-electron chi connectivity index (χ1n) is 6.20. The minimum atomic E-state index is -0.660. The van der Waals surface area contributed by atoms with Crippen LogP contribution in [0.15, 0.2) is 18.2 Å². The molecule has 1 atom stereocenters. The number of aryl methyl sites for hydroxylation is 1. The van der Waals surface area contributed by atoms with Crippen molar-refractivity contribution in [3.05, 3.63) is 28.8 Å². The van der Waals surface area contributed by atoms with Crippen LogP contribution in [0, 0.1) is 6.92 Å². The van der Waals surface area contributed by atoms with Crippen molar-refractivity contribution in [1.29, 1.82) is 0 Å². The van der Waals surface area contributed by atoms with Crippen LogP contribution in [0.25, 0.3) is 0 Å². The van der Waals surface area contributed by atoms with Gasteiger partial charge in [0.25, 0.3) is 5.91 Å². The summed E-state index contributed by atoms with van der Waals surface area (Å²) in [6, 6.07) is 5.23. The smallest absolute Gasteiger partial charge is 0.279 e. The maximum atomic E-state index is 11.8. The Morgan fingerprint density at radius 2 is 2.15 bits per heavy atom. The van der Waals surface area contributed by atoms with Crippen molar-refractivity contribution in [2.24, 2.45) is 0 Å². The van der Waals surface area contributed by atoms with Gasteiger partial charge in [-0.25, -0.2) is 0 Å². The van der Waals surface area contributed by atoms with E-state index in [0.717, 1.165) is 5.56 Å². The summed E-state index contributed by atoms with van der Waals surface area (Å²) >= 11 is 10.9. The summed E-state index contributed by atoms with van der Waals surface area (Å²) in [5.41, 5.74) is 5.95. The Bertz CT molecular complexity index is 497. The summed E-state index contributed by atoms with van der Waals surface area (Å²) in [6.45, 7) is 6.11. The molecule has 0 unspecified atom stereocenters. The molecule has 3 N–H and O–H groups in total. The molecule has 0 saturated heterocycles. The number of hydrogen-bond donors (Lipinski definition) is 3. The van der Waals surface area contributed by atoms with Crippen molar-refractivity contribution in [2.75, 3.05) is 6.54 Å². The third-order valence-corrected chi connectivity index (χ3v) is 3.12. The molecule has 110 valence electrons. The van der Waals surface area contributed by atoms with Crippen LogP contribution in [0.5, 0.6) is 5.75 Å². The van der Waals surface area contributed by atoms with Gasteiger partial charge in [0.05, 0.1) is 0 Å². The van der Waals surface area contributed by atoms with Gasteiger partial charge in [0.2, 0.25) is 0 Å². The quantitative estimate of drug-likeness (QED) is 0.585. The number of rotatable bonds is 4. The lowest BCUT2D eigenvalue weighted by Crippen LogP contribution is -2.50. The van der Waals surface area contributed by atoms with Crippen molar-refractivity contribution < 1.29 is 9.53 Å². The van der Waals surface area contributed by atoms with E-state index in [1.807, 2.05) is 13.8 Å². The zero-order chi connectivity index (χ0) is 15.1. The first-order valence-corrected chi connectivity index (χ1v) is 6.99. The van der Waals surface area contributed by atoms with Gasteiger partial charge < -0.3 is 10.1 Å². The second kappa shape index (κ2) is 7.91. The standard InChI is InChI=1S/C13H18ClN3O2S/c1-4-15-13(20)17-16-12(18)9(3)19-10-5-6-11(14)8(2)7-10/h5-7,9H,4H2,1-3H3,(H,16,18)(H2,15,17,20)/t9-/m0/s1. The molecule has 0 aliphatic heterocycles. The van der Waals surface area contributed by atoms with Crippen molar-refractivity contribution >= 4 is 34.8 Å². The van der Waals surface area contributed by atoms with Crippen LogP contribution >= 0.6 is 23.8 Å². The summed E-state index contributed by atoms with van der Waals surface area (Å²) in [5, 5.41) is 3.87. The van der Waals surface area contributed by atoms with Gasteiger partial charge in [-0.3, -0.25) is 15.6 Å². The Balaban J connectivity index is 2.48. The molecular weight excluding hydrogens is 298 g/mol. The Morgan fingerprint density at radius 1 is 1.45 bits per heavy atom. The molecule has 1 rings (SSSR count). The number of ether oxygens (including phenoxy) is 1. The molecule has 0 radical (unpaired) electrons. The van der Waals surface area contributed by atoms with Gasteiger partial charge in [-0.15, -0.1) is 0 Å². The van der Waals surface area contributed by atoms with E-state index in [4.69, 9.17) is 28.6 Å². The fraction of sp³-hybridized carbons (Fsp3) is 0.385. The molecule has 1 aromatic rings. The van der Waals surface area contributed by atoms with Crippen molar-refractivity contribution in [3.8, 4) is 5.75 Å². The maximum Gasteiger partial charge on any atom is 0.279 e. The van der Waals surface area contributed by atoms with Gasteiger partial charge in [0, 0.05) is 11.6 Å². The highest BCUT2D eigenvalue weighted by atomic mass is 35.5. The molecule has 7 heteroatoms. The average Bonchev–Trinajstić information content (AvgIpc) is 2.40. The third kappa shape index (κ3) is 5.22. The van der Waals surface area contributed by atoms with E-state index in [1.54, 1.807) is 25.1 Å². The van der Waals surface area contributed by atoms with Crippen LogP contribution in [0.4, 0.5) is 0 Å². The molecule has 20 heavy (non-hydrogen) atoms. The molecule has 0 heterocycles. The number of carbonyl (C=O) groups is 1. The molecule has 0 aromatic heterocycles. The normalized spacial score (nSPS) is 11.4. The number of nitrogens with one attached hydrogen (secondary N) is 3. The van der Waals surface area contributed by atoms with Gasteiger partial charge in [-0.1, -0.05) is 11.6 Å². The number of thiocarbonyl (C=S) groups is 1. The number of hydrazine groups is 1. The molecule has 0 bridgehead atoms. The number of halogens is 1. The highest BCUT2D eigenvalue weighted by Crippen LogP contribution is 2.21. The van der Waals surface area contributed by atoms with Crippen LogP contribution < -0.4 is 20.9 Å². The van der Waals surface area contributed by atoms with Crippen molar-refractivity contribution in [2.45, 2.75) is 26.9 Å². The fourth-order valence-electron chi connectivity index (χ4n) is 1.37. The lowest BCUT2D eigenvalue weighted by Gasteiger charge is -2.16. The SMILES string of the molecule is CCNC(=S)NNC(=O)[C@H](C)Oc1ccc(Cl)c(C)c1. The summed E-state index contributed by atoms with van der Waals surface area (Å²) in [5.74, 6) is 0.265. The average molecular weight is 316 g/mol. The van der Waals surface area contributed by atoms with Crippen molar-refractivity contribution in [1.82, 2.24) is 16.2 Å². The largest absolute Gasteiger partial charge is 0.481 e. The van der Waals surface area contributed by atoms with E-state index < -0.39 is 6.10 Å². The first-order chi connectivity index (χ1) is 9.43. The minimum absolute atomic E-state index is 0.321. The number of carbonyl (C=O) groups excluding carboxylic acids is 1. The van der Waals surface area contributed by atoms with Crippen LogP contribution in [0.2, 0.25) is 5.02 Å². The molecule has 0 spiro atoms. The van der Waals surface area contributed by atoms with E-state index in [2.05, 4.69) is 16.2 Å². The Labute approximate surface area is 129 Å². The van der Waals surface area contributed by atoms with Gasteiger partial charge in [0.15, 0.2) is 11.2 Å². The molecule has 5 nitrogen and oxygen atoms in total. The number of amides is 1. The van der Waals surface area contributed by atoms with Crippen molar-refractivity contribution in [3.63, 3.8) is 0 Å². The summed E-state index contributed by atoms with van der Waals surface area (Å²) in [4.78, 5) is 11.8. The predicted molar refractivity (Wildman–Crippen MR) is 83.8 cm³/mol. The highest BCUT2D eigenvalue weighted by molar-refractivity contribution is 7.80. The third-order valence-electron chi connectivity index (χ3n) is 2.45.